The zero-order valence-electron chi connectivity index (χ0n) is 17.2. The summed E-state index contributed by atoms with van der Waals surface area (Å²) in [5.41, 5.74) is 2.28. The maximum absolute atomic E-state index is 9.74. The Morgan fingerprint density at radius 1 is 1.04 bits per heavy atom. The van der Waals surface area contributed by atoms with Gasteiger partial charge in [0.2, 0.25) is 0 Å². The number of nitrogens with zero attached hydrogens (tertiary/aromatic N) is 2. The molecule has 0 saturated carbocycles. The Morgan fingerprint density at radius 3 is 2.32 bits per heavy atom. The highest BCUT2D eigenvalue weighted by atomic mass is 16.5. The minimum atomic E-state index is 0.0165. The first-order chi connectivity index (χ1) is 13.6. The van der Waals surface area contributed by atoms with Gasteiger partial charge >= 0.3 is 0 Å². The van der Waals surface area contributed by atoms with Crippen LogP contribution in [0.1, 0.15) is 23.1 Å². The van der Waals surface area contributed by atoms with Crippen LogP contribution >= 0.6 is 0 Å². The number of benzene rings is 2. The number of nitrogens with one attached hydrogen (secondary N) is 2. The third-order valence-corrected chi connectivity index (χ3v) is 4.80. The number of aliphatic hydroxyl groups is 1. The van der Waals surface area contributed by atoms with Crippen molar-refractivity contribution in [1.82, 2.24) is 15.5 Å². The highest BCUT2D eigenvalue weighted by molar-refractivity contribution is 5.79. The van der Waals surface area contributed by atoms with E-state index in [1.807, 2.05) is 42.5 Å². The van der Waals surface area contributed by atoms with E-state index in [-0.39, 0.29) is 18.6 Å². The zero-order valence-corrected chi connectivity index (χ0v) is 17.2. The second-order valence-electron chi connectivity index (χ2n) is 6.88. The Bertz CT molecular complexity index is 734. The molecule has 2 aromatic rings. The van der Waals surface area contributed by atoms with E-state index in [1.54, 1.807) is 14.2 Å². The molecule has 2 rings (SSSR count). The number of likely N-dealkylation sites (N-methyl/N-ethyl adjacent to an activating group) is 1. The van der Waals surface area contributed by atoms with E-state index >= 15 is 0 Å². The Balaban J connectivity index is 1.97. The van der Waals surface area contributed by atoms with Gasteiger partial charge in [0.1, 0.15) is 5.75 Å². The lowest BCUT2D eigenvalue weighted by Gasteiger charge is -2.26. The molecule has 0 saturated heterocycles. The van der Waals surface area contributed by atoms with E-state index in [1.165, 1.54) is 5.56 Å². The van der Waals surface area contributed by atoms with Gasteiger partial charge < -0.3 is 25.4 Å². The second kappa shape index (κ2) is 11.3. The highest BCUT2D eigenvalue weighted by Gasteiger charge is 2.16. The number of guanidine groups is 1. The van der Waals surface area contributed by atoms with Crippen molar-refractivity contribution in [3.8, 4) is 5.75 Å². The summed E-state index contributed by atoms with van der Waals surface area (Å²) in [5.74, 6) is 1.58. The molecule has 0 aromatic heterocycles. The molecule has 152 valence electrons. The fourth-order valence-corrected chi connectivity index (χ4v) is 3.09. The topological polar surface area (TPSA) is 69.1 Å². The van der Waals surface area contributed by atoms with E-state index in [4.69, 9.17) is 4.74 Å². The summed E-state index contributed by atoms with van der Waals surface area (Å²) in [7, 11) is 7.54. The van der Waals surface area contributed by atoms with Crippen LogP contribution in [0, 0.1) is 0 Å². The lowest BCUT2D eigenvalue weighted by Crippen LogP contribution is -2.43. The van der Waals surface area contributed by atoms with Crippen molar-refractivity contribution in [2.75, 3.05) is 47.9 Å². The fourth-order valence-electron chi connectivity index (χ4n) is 3.09. The van der Waals surface area contributed by atoms with Gasteiger partial charge in [0.25, 0.3) is 0 Å². The minimum absolute atomic E-state index is 0.0165. The molecule has 2 aromatic carbocycles. The number of hydrogen-bond acceptors (Lipinski definition) is 4. The zero-order chi connectivity index (χ0) is 20.4. The summed E-state index contributed by atoms with van der Waals surface area (Å²) in [6, 6.07) is 18.3. The monoisotopic (exact) mass is 384 g/mol. The lowest BCUT2D eigenvalue weighted by atomic mass is 10.0. The number of rotatable bonds is 9. The van der Waals surface area contributed by atoms with Gasteiger partial charge in [-0.15, -0.1) is 0 Å². The molecular weight excluding hydrogens is 352 g/mol. The van der Waals surface area contributed by atoms with Gasteiger partial charge in [0.05, 0.1) is 19.8 Å². The maximum Gasteiger partial charge on any atom is 0.191 e. The molecule has 2 unspecified atom stereocenters. The van der Waals surface area contributed by atoms with Gasteiger partial charge in [-0.2, -0.15) is 0 Å². The predicted molar refractivity (Wildman–Crippen MR) is 115 cm³/mol. The standard InChI is InChI=1S/C22H32N4O2/c1-23-22(24-14-19(16-27)17-9-6-5-7-10-17)25-15-21(26(2)3)18-11-8-12-20(13-18)28-4/h5-13,19,21,27H,14-16H2,1-4H3,(H2,23,24,25). The largest absolute Gasteiger partial charge is 0.497 e. The third-order valence-electron chi connectivity index (χ3n) is 4.80. The molecule has 0 aliphatic heterocycles. The van der Waals surface area contributed by atoms with Crippen LogP contribution in [0.25, 0.3) is 0 Å². The van der Waals surface area contributed by atoms with Crippen molar-refractivity contribution in [1.29, 1.82) is 0 Å². The predicted octanol–water partition coefficient (Wildman–Crippen LogP) is 2.24. The summed E-state index contributed by atoms with van der Waals surface area (Å²) in [5, 5.41) is 16.5. The number of ether oxygens (including phenoxy) is 1. The number of methoxy groups -OCH3 is 1. The van der Waals surface area contributed by atoms with Gasteiger partial charge in [-0.25, -0.2) is 0 Å². The van der Waals surface area contributed by atoms with E-state index < -0.39 is 0 Å². The minimum Gasteiger partial charge on any atom is -0.497 e. The molecule has 0 spiro atoms. The first kappa shape index (κ1) is 21.7. The SMILES string of the molecule is CN=C(NCC(CO)c1ccccc1)NCC(c1cccc(OC)c1)N(C)C. The van der Waals surface area contributed by atoms with Crippen LogP contribution in [0.15, 0.2) is 59.6 Å². The molecule has 6 heteroatoms. The summed E-state index contributed by atoms with van der Waals surface area (Å²) in [6.07, 6.45) is 0. The average Bonchev–Trinajstić information content (AvgIpc) is 2.73. The van der Waals surface area contributed by atoms with Gasteiger partial charge in [-0.1, -0.05) is 42.5 Å². The van der Waals surface area contributed by atoms with Crippen LogP contribution in [-0.4, -0.2) is 63.9 Å². The quantitative estimate of drug-likeness (QED) is 0.457. The first-order valence-corrected chi connectivity index (χ1v) is 9.49. The summed E-state index contributed by atoms with van der Waals surface area (Å²) in [4.78, 5) is 6.48. The Morgan fingerprint density at radius 2 is 1.71 bits per heavy atom. The molecule has 0 bridgehead atoms. The van der Waals surface area contributed by atoms with Crippen molar-refractivity contribution in [3.05, 3.63) is 65.7 Å². The van der Waals surface area contributed by atoms with E-state index in [0.29, 0.717) is 19.0 Å². The van der Waals surface area contributed by atoms with Crippen molar-refractivity contribution in [3.63, 3.8) is 0 Å². The molecular formula is C22H32N4O2. The van der Waals surface area contributed by atoms with Crippen molar-refractivity contribution in [2.24, 2.45) is 4.99 Å². The van der Waals surface area contributed by atoms with Gasteiger partial charge in [0.15, 0.2) is 5.96 Å². The summed E-state index contributed by atoms with van der Waals surface area (Å²) < 4.78 is 5.35. The summed E-state index contributed by atoms with van der Waals surface area (Å²) in [6.45, 7) is 1.37. The average molecular weight is 385 g/mol. The molecule has 2 atom stereocenters. The van der Waals surface area contributed by atoms with E-state index in [2.05, 4.69) is 46.8 Å². The molecule has 28 heavy (non-hydrogen) atoms. The van der Waals surface area contributed by atoms with Crippen LogP contribution in [0.3, 0.4) is 0 Å². The van der Waals surface area contributed by atoms with Crippen LogP contribution in [-0.2, 0) is 0 Å². The normalized spacial score (nSPS) is 13.9. The number of hydrogen-bond donors (Lipinski definition) is 3. The lowest BCUT2D eigenvalue weighted by molar-refractivity contribution is 0.264. The van der Waals surface area contributed by atoms with Crippen molar-refractivity contribution >= 4 is 5.96 Å². The highest BCUT2D eigenvalue weighted by Crippen LogP contribution is 2.22. The molecule has 6 nitrogen and oxygen atoms in total. The maximum atomic E-state index is 9.74. The van der Waals surface area contributed by atoms with Crippen LogP contribution in [0.2, 0.25) is 0 Å². The number of aliphatic hydroxyl groups excluding tert-OH is 1. The number of aliphatic imine (C=N–C) groups is 1. The van der Waals surface area contributed by atoms with Gasteiger partial charge in [-0.05, 0) is 37.4 Å². The third kappa shape index (κ3) is 6.25. The molecule has 0 aliphatic carbocycles. The van der Waals surface area contributed by atoms with Crippen LogP contribution < -0.4 is 15.4 Å². The van der Waals surface area contributed by atoms with E-state index in [9.17, 15) is 5.11 Å². The molecule has 0 amide bonds. The molecule has 0 fully saturated rings. The molecule has 0 aliphatic rings. The Kier molecular flexibility index (Phi) is 8.78. The Hall–Kier alpha value is -2.57. The van der Waals surface area contributed by atoms with Crippen LogP contribution in [0.5, 0.6) is 5.75 Å². The molecule has 3 N–H and O–H groups in total. The smallest absolute Gasteiger partial charge is 0.191 e. The van der Waals surface area contributed by atoms with Crippen LogP contribution in [0.4, 0.5) is 0 Å². The second-order valence-corrected chi connectivity index (χ2v) is 6.88. The van der Waals surface area contributed by atoms with E-state index in [0.717, 1.165) is 11.3 Å². The van der Waals surface area contributed by atoms with Crippen molar-refractivity contribution < 1.29 is 9.84 Å². The van der Waals surface area contributed by atoms with Gasteiger partial charge in [0, 0.05) is 26.1 Å². The summed E-state index contributed by atoms with van der Waals surface area (Å²) >= 11 is 0. The molecule has 0 heterocycles. The molecule has 0 radical (unpaired) electrons. The first-order valence-electron chi connectivity index (χ1n) is 9.49. The fraction of sp³-hybridized carbons (Fsp3) is 0.409. The van der Waals surface area contributed by atoms with Gasteiger partial charge in [-0.3, -0.25) is 4.99 Å². The Labute approximate surface area is 168 Å². The van der Waals surface area contributed by atoms with Crippen molar-refractivity contribution in [2.45, 2.75) is 12.0 Å².